The van der Waals surface area contributed by atoms with Crippen molar-refractivity contribution in [2.24, 2.45) is 0 Å². The van der Waals surface area contributed by atoms with Crippen LogP contribution in [0, 0.1) is 6.92 Å². The zero-order chi connectivity index (χ0) is 10.8. The quantitative estimate of drug-likeness (QED) is 0.867. The second-order valence-corrected chi connectivity index (χ2v) is 4.02. The van der Waals surface area contributed by atoms with Crippen molar-refractivity contribution in [3.8, 4) is 10.8 Å². The number of hydrogen-bond acceptors (Lipinski definition) is 4. The lowest BCUT2D eigenvalue weighted by Gasteiger charge is -1.90. The van der Waals surface area contributed by atoms with Crippen LogP contribution in [-0.4, -0.2) is 16.1 Å². The molecule has 0 aliphatic heterocycles. The number of carboxylic acid groups (broad SMARTS) is 1. The summed E-state index contributed by atoms with van der Waals surface area (Å²) in [5, 5.41) is 10.6. The molecule has 2 aromatic heterocycles. The van der Waals surface area contributed by atoms with Gasteiger partial charge in [0.2, 0.25) is 5.89 Å². The maximum atomic E-state index is 10.5. The van der Waals surface area contributed by atoms with Gasteiger partial charge in [-0.3, -0.25) is 4.79 Å². The molecule has 0 spiro atoms. The normalized spacial score (nSPS) is 10.5. The molecule has 0 aliphatic rings. The van der Waals surface area contributed by atoms with Crippen LogP contribution < -0.4 is 0 Å². The topological polar surface area (TPSA) is 63.3 Å². The maximum absolute atomic E-state index is 10.5. The van der Waals surface area contributed by atoms with Gasteiger partial charge in [0, 0.05) is 0 Å². The van der Waals surface area contributed by atoms with Gasteiger partial charge in [-0.2, -0.15) is 0 Å². The molecule has 0 unspecified atom stereocenters. The Morgan fingerprint density at radius 1 is 1.67 bits per heavy atom. The molecule has 0 atom stereocenters. The number of aliphatic carboxylic acids is 1. The summed E-state index contributed by atoms with van der Waals surface area (Å²) in [6, 6.07) is 3.79. The highest BCUT2D eigenvalue weighted by Gasteiger charge is 2.14. The number of thiophene rings is 1. The summed E-state index contributed by atoms with van der Waals surface area (Å²) < 4.78 is 5.39. The van der Waals surface area contributed by atoms with Crippen LogP contribution in [0.2, 0.25) is 0 Å². The van der Waals surface area contributed by atoms with Crippen LogP contribution in [-0.2, 0) is 11.2 Å². The molecule has 0 amide bonds. The van der Waals surface area contributed by atoms with E-state index in [-0.39, 0.29) is 6.42 Å². The van der Waals surface area contributed by atoms with Crippen LogP contribution in [0.4, 0.5) is 0 Å². The van der Waals surface area contributed by atoms with Crippen LogP contribution in [0.1, 0.15) is 11.5 Å². The predicted octanol–water partition coefficient (Wildman–Crippen LogP) is 2.34. The molecule has 0 saturated heterocycles. The highest BCUT2D eigenvalue weighted by atomic mass is 32.1. The zero-order valence-corrected chi connectivity index (χ0v) is 8.87. The highest BCUT2D eigenvalue weighted by Crippen LogP contribution is 2.25. The van der Waals surface area contributed by atoms with Gasteiger partial charge in [0.1, 0.15) is 12.2 Å². The Balaban J connectivity index is 2.33. The van der Waals surface area contributed by atoms with Gasteiger partial charge in [0.25, 0.3) is 0 Å². The third-order valence-electron chi connectivity index (χ3n) is 1.94. The van der Waals surface area contributed by atoms with Crippen molar-refractivity contribution in [1.29, 1.82) is 0 Å². The van der Waals surface area contributed by atoms with Crippen LogP contribution in [0.15, 0.2) is 21.9 Å². The standard InChI is InChI=1S/C10H9NO3S/c1-6-7(5-9(12)13)14-10(11-6)8-3-2-4-15-8/h2-4H,5H2,1H3,(H,12,13). The van der Waals surface area contributed by atoms with Crippen molar-refractivity contribution >= 4 is 17.3 Å². The Hall–Kier alpha value is -1.62. The molecule has 0 fully saturated rings. The predicted molar refractivity (Wildman–Crippen MR) is 55.9 cm³/mol. The molecule has 1 N–H and O–H groups in total. The number of hydrogen-bond donors (Lipinski definition) is 1. The molecule has 0 aliphatic carbocycles. The van der Waals surface area contributed by atoms with Gasteiger partial charge in [0.15, 0.2) is 0 Å². The monoisotopic (exact) mass is 223 g/mol. The van der Waals surface area contributed by atoms with Gasteiger partial charge in [-0.05, 0) is 18.4 Å². The number of carbonyl (C=O) groups is 1. The Bertz CT molecular complexity index is 473. The first-order chi connectivity index (χ1) is 7.16. The summed E-state index contributed by atoms with van der Waals surface area (Å²) >= 11 is 1.51. The van der Waals surface area contributed by atoms with Gasteiger partial charge < -0.3 is 9.52 Å². The molecule has 0 bridgehead atoms. The number of rotatable bonds is 3. The largest absolute Gasteiger partial charge is 0.481 e. The van der Waals surface area contributed by atoms with Crippen molar-refractivity contribution in [3.63, 3.8) is 0 Å². The molecule has 0 saturated carbocycles. The van der Waals surface area contributed by atoms with Gasteiger partial charge in [-0.1, -0.05) is 6.07 Å². The molecular formula is C10H9NO3S. The summed E-state index contributed by atoms with van der Waals surface area (Å²) in [5.74, 6) is 0.0108. The molecule has 5 heteroatoms. The Labute approximate surface area is 90.2 Å². The van der Waals surface area contributed by atoms with E-state index >= 15 is 0 Å². The van der Waals surface area contributed by atoms with Gasteiger partial charge >= 0.3 is 5.97 Å². The lowest BCUT2D eigenvalue weighted by Crippen LogP contribution is -1.99. The van der Waals surface area contributed by atoms with Crippen molar-refractivity contribution in [1.82, 2.24) is 4.98 Å². The molecule has 2 rings (SSSR count). The fraction of sp³-hybridized carbons (Fsp3) is 0.200. The van der Waals surface area contributed by atoms with Crippen molar-refractivity contribution in [2.75, 3.05) is 0 Å². The average molecular weight is 223 g/mol. The summed E-state index contributed by atoms with van der Waals surface area (Å²) in [6.07, 6.45) is -0.121. The third-order valence-corrected chi connectivity index (χ3v) is 2.79. The van der Waals surface area contributed by atoms with Gasteiger partial charge in [0.05, 0.1) is 10.6 Å². The minimum atomic E-state index is -0.910. The minimum Gasteiger partial charge on any atom is -0.481 e. The van der Waals surface area contributed by atoms with E-state index in [1.807, 2.05) is 17.5 Å². The summed E-state index contributed by atoms with van der Waals surface area (Å²) in [4.78, 5) is 15.6. The molecule has 2 aromatic rings. The van der Waals surface area contributed by atoms with E-state index < -0.39 is 5.97 Å². The summed E-state index contributed by atoms with van der Waals surface area (Å²) in [7, 11) is 0. The Morgan fingerprint density at radius 2 is 2.47 bits per heavy atom. The first-order valence-corrected chi connectivity index (χ1v) is 5.27. The Kier molecular flexibility index (Phi) is 2.55. The van der Waals surface area contributed by atoms with E-state index in [1.165, 1.54) is 11.3 Å². The number of carboxylic acids is 1. The van der Waals surface area contributed by atoms with Crippen LogP contribution in [0.3, 0.4) is 0 Å². The first kappa shape index (κ1) is 9.92. The molecule has 2 heterocycles. The maximum Gasteiger partial charge on any atom is 0.311 e. The van der Waals surface area contributed by atoms with Gasteiger partial charge in [-0.25, -0.2) is 4.98 Å². The van der Waals surface area contributed by atoms with Gasteiger partial charge in [-0.15, -0.1) is 11.3 Å². The molecule has 15 heavy (non-hydrogen) atoms. The number of aryl methyl sites for hydroxylation is 1. The second-order valence-electron chi connectivity index (χ2n) is 3.08. The van der Waals surface area contributed by atoms with Crippen molar-refractivity contribution < 1.29 is 14.3 Å². The summed E-state index contributed by atoms with van der Waals surface area (Å²) in [6.45, 7) is 1.75. The molecule has 0 aromatic carbocycles. The van der Waals surface area contributed by atoms with E-state index in [0.29, 0.717) is 17.3 Å². The number of oxazole rings is 1. The fourth-order valence-electron chi connectivity index (χ4n) is 1.24. The second kappa shape index (κ2) is 3.86. The van der Waals surface area contributed by atoms with E-state index in [4.69, 9.17) is 9.52 Å². The van der Waals surface area contributed by atoms with E-state index in [9.17, 15) is 4.79 Å². The molecule has 0 radical (unpaired) electrons. The van der Waals surface area contributed by atoms with Crippen molar-refractivity contribution in [2.45, 2.75) is 13.3 Å². The van der Waals surface area contributed by atoms with Crippen LogP contribution in [0.5, 0.6) is 0 Å². The number of nitrogens with zero attached hydrogens (tertiary/aromatic N) is 1. The molecule has 4 nitrogen and oxygen atoms in total. The van der Waals surface area contributed by atoms with E-state index in [0.717, 1.165) is 4.88 Å². The first-order valence-electron chi connectivity index (χ1n) is 4.39. The SMILES string of the molecule is Cc1nc(-c2cccs2)oc1CC(=O)O. The minimum absolute atomic E-state index is 0.121. The average Bonchev–Trinajstić information content (AvgIpc) is 2.75. The smallest absolute Gasteiger partial charge is 0.311 e. The fourth-order valence-corrected chi connectivity index (χ4v) is 1.88. The molecular weight excluding hydrogens is 214 g/mol. The van der Waals surface area contributed by atoms with Crippen LogP contribution in [0.25, 0.3) is 10.8 Å². The number of aromatic nitrogens is 1. The zero-order valence-electron chi connectivity index (χ0n) is 8.06. The lowest BCUT2D eigenvalue weighted by molar-refractivity contribution is -0.136. The highest BCUT2D eigenvalue weighted by molar-refractivity contribution is 7.13. The van der Waals surface area contributed by atoms with E-state index in [2.05, 4.69) is 4.98 Å². The lowest BCUT2D eigenvalue weighted by atomic mass is 10.3. The van der Waals surface area contributed by atoms with Crippen molar-refractivity contribution in [3.05, 3.63) is 29.0 Å². The summed E-state index contributed by atoms with van der Waals surface area (Å²) in [5.41, 5.74) is 0.640. The Morgan fingerprint density at radius 3 is 3.07 bits per heavy atom. The van der Waals surface area contributed by atoms with Crippen LogP contribution >= 0.6 is 11.3 Å². The molecule has 78 valence electrons. The van der Waals surface area contributed by atoms with E-state index in [1.54, 1.807) is 6.92 Å². The third kappa shape index (κ3) is 2.07.